The molecule has 0 aliphatic heterocycles. The zero-order chi connectivity index (χ0) is 21.5. The van der Waals surface area contributed by atoms with Gasteiger partial charge >= 0.3 is 11.8 Å². The molecule has 0 aliphatic rings. The number of benzene rings is 2. The number of amides is 3. The third-order valence-electron chi connectivity index (χ3n) is 4.10. The Balaban J connectivity index is 1.55. The largest absolute Gasteiger partial charge is 0.489 e. The highest BCUT2D eigenvalue weighted by molar-refractivity contribution is 6.43. The van der Waals surface area contributed by atoms with E-state index in [1.54, 1.807) is 25.1 Å². The van der Waals surface area contributed by atoms with E-state index >= 15 is 0 Å². The number of hydrogen-bond acceptors (Lipinski definition) is 5. The molecule has 0 radical (unpaired) electrons. The quantitative estimate of drug-likeness (QED) is 0.515. The van der Waals surface area contributed by atoms with E-state index in [1.165, 1.54) is 16.9 Å². The van der Waals surface area contributed by atoms with Crippen molar-refractivity contribution in [2.24, 2.45) is 5.73 Å². The fourth-order valence-corrected chi connectivity index (χ4v) is 2.64. The molecule has 0 unspecified atom stereocenters. The van der Waals surface area contributed by atoms with Crippen molar-refractivity contribution in [3.05, 3.63) is 71.9 Å². The third kappa shape index (κ3) is 5.68. The summed E-state index contributed by atoms with van der Waals surface area (Å²) in [5.74, 6) is -1.51. The van der Waals surface area contributed by atoms with Gasteiger partial charge in [-0.25, -0.2) is 0 Å². The highest BCUT2D eigenvalue weighted by Gasteiger charge is 2.16. The van der Waals surface area contributed by atoms with E-state index in [1.807, 2.05) is 30.3 Å². The maximum Gasteiger partial charge on any atom is 0.315 e. The number of aryl methyl sites for hydroxylation is 1. The van der Waals surface area contributed by atoms with Gasteiger partial charge in [-0.15, -0.1) is 0 Å². The minimum absolute atomic E-state index is 0.125. The van der Waals surface area contributed by atoms with Crippen molar-refractivity contribution in [3.8, 4) is 5.75 Å². The van der Waals surface area contributed by atoms with E-state index in [0.717, 1.165) is 11.1 Å². The lowest BCUT2D eigenvalue weighted by Crippen LogP contribution is -2.29. The topological polar surface area (TPSA) is 128 Å². The fraction of sp³-hybridized carbons (Fsp3) is 0.143. The summed E-state index contributed by atoms with van der Waals surface area (Å²) in [7, 11) is 0. The average Bonchev–Trinajstić information content (AvgIpc) is 3.14. The van der Waals surface area contributed by atoms with E-state index in [4.69, 9.17) is 10.5 Å². The molecule has 2 aromatic carbocycles. The zero-order valence-corrected chi connectivity index (χ0v) is 16.3. The minimum Gasteiger partial charge on any atom is -0.489 e. The van der Waals surface area contributed by atoms with Crippen LogP contribution in [0.5, 0.6) is 5.75 Å². The number of rotatable bonds is 7. The second-order valence-electron chi connectivity index (χ2n) is 6.52. The summed E-state index contributed by atoms with van der Waals surface area (Å²) in [4.78, 5) is 35.2. The molecule has 3 amide bonds. The Morgan fingerprint density at radius 2 is 1.77 bits per heavy atom. The van der Waals surface area contributed by atoms with Crippen LogP contribution in [0.3, 0.4) is 0 Å². The molecule has 0 saturated heterocycles. The van der Waals surface area contributed by atoms with Gasteiger partial charge in [-0.2, -0.15) is 5.10 Å². The van der Waals surface area contributed by atoms with Gasteiger partial charge in [0.2, 0.25) is 5.91 Å². The standard InChI is InChI=1S/C21H21N5O4/c1-14-11-16(30-13-15-5-3-2-4-6-15)7-8-17(14)23-20(28)21(29)24-19-9-10-26(25-19)12-18(22)27/h2-11H,12-13H2,1H3,(H2,22,27)(H,23,28)(H,24,25,29). The van der Waals surface area contributed by atoms with E-state index < -0.39 is 17.7 Å². The number of primary amides is 1. The third-order valence-corrected chi connectivity index (χ3v) is 4.10. The summed E-state index contributed by atoms with van der Waals surface area (Å²) < 4.78 is 7.01. The lowest BCUT2D eigenvalue weighted by molar-refractivity contribution is -0.133. The van der Waals surface area contributed by atoms with Crippen LogP contribution in [0.25, 0.3) is 0 Å². The van der Waals surface area contributed by atoms with Gasteiger partial charge in [0.1, 0.15) is 18.9 Å². The van der Waals surface area contributed by atoms with E-state index in [0.29, 0.717) is 18.0 Å². The first kappa shape index (κ1) is 20.6. The van der Waals surface area contributed by atoms with Crippen LogP contribution in [0.2, 0.25) is 0 Å². The molecule has 30 heavy (non-hydrogen) atoms. The fourth-order valence-electron chi connectivity index (χ4n) is 2.64. The molecule has 4 N–H and O–H groups in total. The van der Waals surface area contributed by atoms with Crippen LogP contribution in [-0.4, -0.2) is 27.5 Å². The van der Waals surface area contributed by atoms with Crippen molar-refractivity contribution in [1.29, 1.82) is 0 Å². The van der Waals surface area contributed by atoms with Crippen LogP contribution < -0.4 is 21.1 Å². The van der Waals surface area contributed by atoms with Crippen molar-refractivity contribution in [3.63, 3.8) is 0 Å². The van der Waals surface area contributed by atoms with Gasteiger partial charge < -0.3 is 21.1 Å². The Kier molecular flexibility index (Phi) is 6.43. The maximum absolute atomic E-state index is 12.2. The lowest BCUT2D eigenvalue weighted by Gasteiger charge is -2.11. The van der Waals surface area contributed by atoms with Crippen molar-refractivity contribution in [1.82, 2.24) is 9.78 Å². The van der Waals surface area contributed by atoms with Gasteiger partial charge in [0.05, 0.1) is 0 Å². The number of aromatic nitrogens is 2. The van der Waals surface area contributed by atoms with Crippen LogP contribution in [0.1, 0.15) is 11.1 Å². The molecule has 3 rings (SSSR count). The summed E-state index contributed by atoms with van der Waals surface area (Å²) in [5.41, 5.74) is 7.36. The molecule has 154 valence electrons. The molecule has 9 heteroatoms. The number of nitrogens with zero attached hydrogens (tertiary/aromatic N) is 2. The molecule has 0 atom stereocenters. The molecule has 0 spiro atoms. The molecule has 0 saturated carbocycles. The summed E-state index contributed by atoms with van der Waals surface area (Å²) in [6.07, 6.45) is 1.47. The van der Waals surface area contributed by atoms with Crippen molar-refractivity contribution in [2.45, 2.75) is 20.1 Å². The second kappa shape index (κ2) is 9.37. The van der Waals surface area contributed by atoms with E-state index in [9.17, 15) is 14.4 Å². The Morgan fingerprint density at radius 1 is 1.03 bits per heavy atom. The number of carbonyl (C=O) groups excluding carboxylic acids is 3. The summed E-state index contributed by atoms with van der Waals surface area (Å²) in [6, 6.07) is 16.4. The van der Waals surface area contributed by atoms with Crippen LogP contribution in [0.4, 0.5) is 11.5 Å². The monoisotopic (exact) mass is 407 g/mol. The van der Waals surface area contributed by atoms with Crippen molar-refractivity contribution >= 4 is 29.2 Å². The Hall–Kier alpha value is -4.14. The number of carbonyl (C=O) groups is 3. The molecular weight excluding hydrogens is 386 g/mol. The molecule has 0 aliphatic carbocycles. The van der Waals surface area contributed by atoms with Gasteiger partial charge in [-0.05, 0) is 36.2 Å². The van der Waals surface area contributed by atoms with Gasteiger partial charge in [0.15, 0.2) is 5.82 Å². The Bertz CT molecular complexity index is 1060. The van der Waals surface area contributed by atoms with Crippen LogP contribution in [0.15, 0.2) is 60.8 Å². The number of ether oxygens (including phenoxy) is 1. The molecule has 1 aromatic heterocycles. The first-order chi connectivity index (χ1) is 14.4. The van der Waals surface area contributed by atoms with Crippen molar-refractivity contribution in [2.75, 3.05) is 10.6 Å². The smallest absolute Gasteiger partial charge is 0.315 e. The van der Waals surface area contributed by atoms with Crippen LogP contribution in [-0.2, 0) is 27.5 Å². The van der Waals surface area contributed by atoms with Crippen LogP contribution in [0, 0.1) is 6.92 Å². The molecule has 1 heterocycles. The predicted molar refractivity (Wildman–Crippen MR) is 111 cm³/mol. The molecular formula is C21H21N5O4. The zero-order valence-electron chi connectivity index (χ0n) is 16.3. The van der Waals surface area contributed by atoms with E-state index in [-0.39, 0.29) is 12.4 Å². The molecule has 0 fully saturated rings. The lowest BCUT2D eigenvalue weighted by atomic mass is 10.2. The Morgan fingerprint density at radius 3 is 2.47 bits per heavy atom. The van der Waals surface area contributed by atoms with Gasteiger partial charge in [-0.1, -0.05) is 30.3 Å². The molecule has 0 bridgehead atoms. The summed E-state index contributed by atoms with van der Waals surface area (Å²) in [6.45, 7) is 2.10. The number of nitrogens with two attached hydrogens (primary N) is 1. The summed E-state index contributed by atoms with van der Waals surface area (Å²) >= 11 is 0. The van der Waals surface area contributed by atoms with Gasteiger partial charge in [0.25, 0.3) is 0 Å². The van der Waals surface area contributed by atoms with Crippen molar-refractivity contribution < 1.29 is 19.1 Å². The SMILES string of the molecule is Cc1cc(OCc2ccccc2)ccc1NC(=O)C(=O)Nc1ccn(CC(N)=O)n1. The average molecular weight is 407 g/mol. The van der Waals surface area contributed by atoms with Crippen LogP contribution >= 0.6 is 0 Å². The van der Waals surface area contributed by atoms with E-state index in [2.05, 4.69) is 15.7 Å². The highest BCUT2D eigenvalue weighted by atomic mass is 16.5. The van der Waals surface area contributed by atoms with Gasteiger partial charge in [-0.3, -0.25) is 19.1 Å². The number of anilines is 2. The predicted octanol–water partition coefficient (Wildman–Crippen LogP) is 1.83. The first-order valence-corrected chi connectivity index (χ1v) is 9.12. The minimum atomic E-state index is -0.886. The normalized spacial score (nSPS) is 10.3. The summed E-state index contributed by atoms with van der Waals surface area (Å²) in [5, 5.41) is 8.86. The second-order valence-corrected chi connectivity index (χ2v) is 6.52. The number of nitrogens with one attached hydrogen (secondary N) is 2. The molecule has 3 aromatic rings. The Labute approximate surface area is 172 Å². The van der Waals surface area contributed by atoms with Gasteiger partial charge in [0, 0.05) is 18.0 Å². The number of hydrogen-bond donors (Lipinski definition) is 3. The molecule has 9 nitrogen and oxygen atoms in total. The highest BCUT2D eigenvalue weighted by Crippen LogP contribution is 2.22. The first-order valence-electron chi connectivity index (χ1n) is 9.12. The maximum atomic E-state index is 12.2.